The van der Waals surface area contributed by atoms with Gasteiger partial charge in [-0.15, -0.1) is 0 Å². The van der Waals surface area contributed by atoms with Crippen molar-refractivity contribution >= 4 is 10.8 Å². The molecule has 4 atom stereocenters. The van der Waals surface area contributed by atoms with Crippen LogP contribution in [0.3, 0.4) is 0 Å². The molecule has 0 radical (unpaired) electrons. The molecule has 0 bridgehead atoms. The summed E-state index contributed by atoms with van der Waals surface area (Å²) in [4.78, 5) is 0. The summed E-state index contributed by atoms with van der Waals surface area (Å²) in [6.45, 7) is 11.5. The molecule has 1 aromatic carbocycles. The molecule has 0 amide bonds. The monoisotopic (exact) mass is 295 g/mol. The van der Waals surface area contributed by atoms with Crippen LogP contribution in [0.5, 0.6) is 0 Å². The van der Waals surface area contributed by atoms with Crippen LogP contribution in [0.15, 0.2) is 24.3 Å². The molecule has 2 nitrogen and oxygen atoms in total. The van der Waals surface area contributed by atoms with Gasteiger partial charge in [-0.2, -0.15) is 0 Å². The van der Waals surface area contributed by atoms with E-state index < -0.39 is 10.8 Å². The van der Waals surface area contributed by atoms with E-state index in [9.17, 15) is 4.21 Å². The van der Waals surface area contributed by atoms with Gasteiger partial charge in [-0.25, -0.2) is 0 Å². The van der Waals surface area contributed by atoms with E-state index in [0.29, 0.717) is 0 Å². The lowest BCUT2D eigenvalue weighted by Crippen LogP contribution is -2.36. The summed E-state index contributed by atoms with van der Waals surface area (Å²) >= 11 is 0. The van der Waals surface area contributed by atoms with Gasteiger partial charge in [0, 0.05) is 22.1 Å². The molecule has 0 saturated heterocycles. The highest BCUT2D eigenvalue weighted by Crippen LogP contribution is 2.23. The Morgan fingerprint density at radius 1 is 1.15 bits per heavy atom. The lowest BCUT2D eigenvalue weighted by molar-refractivity contribution is 0.515. The van der Waals surface area contributed by atoms with Crippen molar-refractivity contribution in [1.29, 1.82) is 0 Å². The van der Waals surface area contributed by atoms with Gasteiger partial charge in [0.05, 0.1) is 5.25 Å². The van der Waals surface area contributed by atoms with Gasteiger partial charge in [0.1, 0.15) is 0 Å². The topological polar surface area (TPSA) is 29.1 Å². The van der Waals surface area contributed by atoms with E-state index in [-0.39, 0.29) is 16.5 Å². The lowest BCUT2D eigenvalue weighted by atomic mass is 10.0. The zero-order valence-corrected chi connectivity index (χ0v) is 14.3. The normalized spacial score (nSPS) is 17.4. The van der Waals surface area contributed by atoms with Crippen molar-refractivity contribution in [2.75, 3.05) is 6.54 Å². The van der Waals surface area contributed by atoms with E-state index in [1.54, 1.807) is 0 Å². The number of nitrogens with one attached hydrogen (secondary N) is 1. The Balaban J connectivity index is 2.93. The molecule has 0 aliphatic carbocycles. The maximum absolute atomic E-state index is 12.6. The van der Waals surface area contributed by atoms with Crippen LogP contribution in [-0.4, -0.2) is 21.3 Å². The Labute approximate surface area is 126 Å². The maximum atomic E-state index is 12.6. The van der Waals surface area contributed by atoms with E-state index in [1.165, 1.54) is 11.1 Å². The highest BCUT2D eigenvalue weighted by atomic mass is 32.2. The number of rotatable bonds is 8. The SMILES string of the molecule is CCCNC(c1ccc(C)cc1)C(C)S(=O)C(C)CC. The first-order valence-corrected chi connectivity index (χ1v) is 8.98. The molecule has 0 spiro atoms. The second-order valence-electron chi connectivity index (χ2n) is 5.59. The second kappa shape index (κ2) is 8.58. The Hall–Kier alpha value is -0.670. The third-order valence-electron chi connectivity index (χ3n) is 3.86. The Kier molecular flexibility index (Phi) is 7.46. The first kappa shape index (κ1) is 17.4. The van der Waals surface area contributed by atoms with Crippen molar-refractivity contribution in [3.63, 3.8) is 0 Å². The standard InChI is InChI=1S/C17H29NOS/c1-6-12-18-17(15(5)20(19)14(4)7-2)16-10-8-13(3)9-11-16/h8-11,14-15,17-18H,6-7,12H2,1-5H3. The highest BCUT2D eigenvalue weighted by Gasteiger charge is 2.26. The van der Waals surface area contributed by atoms with Crippen LogP contribution < -0.4 is 5.32 Å². The Morgan fingerprint density at radius 2 is 1.75 bits per heavy atom. The molecular weight excluding hydrogens is 266 g/mol. The quantitative estimate of drug-likeness (QED) is 0.786. The summed E-state index contributed by atoms with van der Waals surface area (Å²) in [6, 6.07) is 8.76. The van der Waals surface area contributed by atoms with E-state index in [0.717, 1.165) is 19.4 Å². The average molecular weight is 295 g/mol. The minimum absolute atomic E-state index is 0.124. The largest absolute Gasteiger partial charge is 0.309 e. The van der Waals surface area contributed by atoms with E-state index >= 15 is 0 Å². The molecule has 0 saturated carbocycles. The van der Waals surface area contributed by atoms with Crippen molar-refractivity contribution in [3.8, 4) is 0 Å². The zero-order chi connectivity index (χ0) is 15.1. The third-order valence-corrected chi connectivity index (χ3v) is 5.99. The van der Waals surface area contributed by atoms with Crippen molar-refractivity contribution in [3.05, 3.63) is 35.4 Å². The van der Waals surface area contributed by atoms with Crippen LogP contribution in [0.25, 0.3) is 0 Å². The van der Waals surface area contributed by atoms with Crippen molar-refractivity contribution < 1.29 is 4.21 Å². The first-order chi connectivity index (χ1) is 9.51. The number of benzene rings is 1. The van der Waals surface area contributed by atoms with Gasteiger partial charge >= 0.3 is 0 Å². The maximum Gasteiger partial charge on any atom is 0.0517 e. The molecule has 1 rings (SSSR count). The van der Waals surface area contributed by atoms with Crippen LogP contribution in [0.1, 0.15) is 57.7 Å². The van der Waals surface area contributed by atoms with Crippen LogP contribution in [0.4, 0.5) is 0 Å². The van der Waals surface area contributed by atoms with Crippen LogP contribution in [0, 0.1) is 6.92 Å². The molecule has 3 heteroatoms. The summed E-state index contributed by atoms with van der Waals surface area (Å²) in [7, 11) is -0.811. The van der Waals surface area contributed by atoms with E-state index in [1.807, 2.05) is 0 Å². The zero-order valence-electron chi connectivity index (χ0n) is 13.5. The van der Waals surface area contributed by atoms with Crippen LogP contribution >= 0.6 is 0 Å². The van der Waals surface area contributed by atoms with E-state index in [2.05, 4.69) is 64.2 Å². The molecule has 0 aromatic heterocycles. The van der Waals surface area contributed by atoms with Crippen LogP contribution in [-0.2, 0) is 10.8 Å². The number of hydrogen-bond donors (Lipinski definition) is 1. The van der Waals surface area contributed by atoms with Crippen molar-refractivity contribution in [2.24, 2.45) is 0 Å². The molecular formula is C17H29NOS. The van der Waals surface area contributed by atoms with Gasteiger partial charge < -0.3 is 5.32 Å². The lowest BCUT2D eigenvalue weighted by Gasteiger charge is -2.27. The molecule has 0 aliphatic heterocycles. The third kappa shape index (κ3) is 4.71. The second-order valence-corrected chi connectivity index (χ2v) is 7.80. The van der Waals surface area contributed by atoms with Gasteiger partial charge in [0.2, 0.25) is 0 Å². The van der Waals surface area contributed by atoms with Gasteiger partial charge in [-0.1, -0.05) is 50.6 Å². The van der Waals surface area contributed by atoms with Gasteiger partial charge in [0.25, 0.3) is 0 Å². The molecule has 0 fully saturated rings. The summed E-state index contributed by atoms with van der Waals surface area (Å²) in [6.07, 6.45) is 2.05. The fraction of sp³-hybridized carbons (Fsp3) is 0.647. The van der Waals surface area contributed by atoms with Crippen molar-refractivity contribution in [1.82, 2.24) is 5.32 Å². The smallest absolute Gasteiger partial charge is 0.0517 e. The predicted octanol–water partition coefficient (Wildman–Crippen LogP) is 3.97. The Bertz CT molecular complexity index is 416. The summed E-state index contributed by atoms with van der Waals surface area (Å²) in [5.41, 5.74) is 2.51. The molecule has 1 aromatic rings. The summed E-state index contributed by atoms with van der Waals surface area (Å²) in [5, 5.41) is 3.95. The molecule has 0 aliphatic rings. The molecule has 20 heavy (non-hydrogen) atoms. The van der Waals surface area contributed by atoms with Gasteiger partial charge in [0.15, 0.2) is 0 Å². The predicted molar refractivity (Wildman–Crippen MR) is 89.6 cm³/mol. The highest BCUT2D eigenvalue weighted by molar-refractivity contribution is 7.86. The van der Waals surface area contributed by atoms with E-state index in [4.69, 9.17) is 0 Å². The fourth-order valence-corrected chi connectivity index (χ4v) is 3.88. The average Bonchev–Trinajstić information content (AvgIpc) is 2.47. The number of hydrogen-bond acceptors (Lipinski definition) is 2. The minimum Gasteiger partial charge on any atom is -0.309 e. The van der Waals surface area contributed by atoms with Crippen molar-refractivity contribution in [2.45, 2.75) is 64.0 Å². The Morgan fingerprint density at radius 3 is 2.25 bits per heavy atom. The van der Waals surface area contributed by atoms with Crippen LogP contribution in [0.2, 0.25) is 0 Å². The fourth-order valence-electron chi connectivity index (χ4n) is 2.29. The summed E-state index contributed by atoms with van der Waals surface area (Å²) < 4.78 is 12.6. The van der Waals surface area contributed by atoms with Gasteiger partial charge in [-0.05, 0) is 38.8 Å². The molecule has 4 unspecified atom stereocenters. The summed E-state index contributed by atoms with van der Waals surface area (Å²) in [5.74, 6) is 0. The minimum atomic E-state index is -0.811. The molecule has 0 heterocycles. The first-order valence-electron chi connectivity index (χ1n) is 7.70. The molecule has 1 N–H and O–H groups in total. The number of aryl methyl sites for hydroxylation is 1. The molecule has 114 valence electrons. The van der Waals surface area contributed by atoms with Gasteiger partial charge in [-0.3, -0.25) is 4.21 Å².